The Labute approximate surface area is 102 Å². The second kappa shape index (κ2) is 5.19. The Morgan fingerprint density at radius 2 is 2.29 bits per heavy atom. The van der Waals surface area contributed by atoms with E-state index in [1.807, 2.05) is 18.2 Å². The third kappa shape index (κ3) is 2.75. The van der Waals surface area contributed by atoms with Crippen molar-refractivity contribution < 1.29 is 4.79 Å². The van der Waals surface area contributed by atoms with Crippen molar-refractivity contribution in [1.82, 2.24) is 0 Å². The van der Waals surface area contributed by atoms with Crippen molar-refractivity contribution in [1.29, 1.82) is 0 Å². The van der Waals surface area contributed by atoms with Crippen molar-refractivity contribution in [3.05, 3.63) is 29.3 Å². The quantitative estimate of drug-likeness (QED) is 0.663. The molecule has 0 aliphatic carbocycles. The fraction of sp³-hybridized carbons (Fsp3) is 0.300. The Hall–Kier alpha value is 0.01000. The minimum atomic E-state index is -0.565. The molecule has 0 heterocycles. The Morgan fingerprint density at radius 3 is 2.71 bits per heavy atom. The Bertz CT molecular complexity index is 354. The maximum Gasteiger partial charge on any atom is 0.152 e. The number of benzene rings is 1. The maximum absolute atomic E-state index is 11.0. The van der Waals surface area contributed by atoms with Gasteiger partial charge in [0.05, 0.1) is 0 Å². The minimum absolute atomic E-state index is 0.0500. The van der Waals surface area contributed by atoms with E-state index in [0.717, 1.165) is 21.4 Å². The minimum Gasteiger partial charge on any atom is -0.298 e. The zero-order valence-corrected chi connectivity index (χ0v) is 10.9. The highest BCUT2D eigenvalue weighted by Crippen LogP contribution is 2.26. The number of ketones is 1. The van der Waals surface area contributed by atoms with E-state index in [-0.39, 0.29) is 5.78 Å². The summed E-state index contributed by atoms with van der Waals surface area (Å²) in [4.78, 5) is 11.9. The van der Waals surface area contributed by atoms with E-state index in [2.05, 4.69) is 28.6 Å². The number of rotatable bonds is 3. The van der Waals surface area contributed by atoms with Crippen molar-refractivity contribution in [2.24, 2.45) is 0 Å². The van der Waals surface area contributed by atoms with Crippen LogP contribution < -0.4 is 0 Å². The lowest BCUT2D eigenvalue weighted by Crippen LogP contribution is -2.01. The average Bonchev–Trinajstić information content (AvgIpc) is 2.16. The van der Waals surface area contributed by atoms with Crippen molar-refractivity contribution in [2.75, 3.05) is 0 Å². The monoisotopic (exact) mass is 292 g/mol. The Kier molecular flexibility index (Phi) is 4.48. The van der Waals surface area contributed by atoms with Gasteiger partial charge in [-0.1, -0.05) is 28.1 Å². The van der Waals surface area contributed by atoms with Crippen LogP contribution in [0.25, 0.3) is 0 Å². The molecule has 0 bridgehead atoms. The van der Waals surface area contributed by atoms with Crippen molar-refractivity contribution in [3.8, 4) is 0 Å². The smallest absolute Gasteiger partial charge is 0.152 e. The van der Waals surface area contributed by atoms with E-state index in [0.29, 0.717) is 0 Å². The lowest BCUT2D eigenvalue weighted by atomic mass is 10.1. The van der Waals surface area contributed by atoms with Crippen LogP contribution in [-0.4, -0.2) is 5.78 Å². The molecule has 1 atom stereocenters. The Morgan fingerprint density at radius 1 is 1.64 bits per heavy atom. The summed E-state index contributed by atoms with van der Waals surface area (Å²) in [5, 5.41) is 0.185. The number of Topliss-reactive ketones (excluding diaryl/α,β-unsaturated/α-hetero) is 1. The van der Waals surface area contributed by atoms with E-state index < -0.39 is 5.38 Å². The molecule has 0 fully saturated rings. The molecule has 1 aromatic carbocycles. The van der Waals surface area contributed by atoms with Crippen molar-refractivity contribution in [2.45, 2.75) is 22.5 Å². The molecule has 0 aliphatic heterocycles. The molecule has 0 amide bonds. The zero-order valence-electron chi connectivity index (χ0n) is 7.63. The predicted molar refractivity (Wildman–Crippen MR) is 65.6 cm³/mol. The fourth-order valence-electron chi connectivity index (χ4n) is 1.09. The van der Waals surface area contributed by atoms with Gasteiger partial charge < -0.3 is 0 Å². The summed E-state index contributed by atoms with van der Waals surface area (Å²) in [5.74, 6) is -0.0500. The lowest BCUT2D eigenvalue weighted by Gasteiger charge is -2.08. The predicted octanol–water partition coefficient (Wildman–Crippen LogP) is 3.74. The zero-order chi connectivity index (χ0) is 10.7. The first kappa shape index (κ1) is 12.1. The molecular weight excluding hydrogens is 284 g/mol. The third-order valence-electron chi connectivity index (χ3n) is 1.90. The number of halogens is 2. The summed E-state index contributed by atoms with van der Waals surface area (Å²) in [5.41, 5.74) is 1.89. The van der Waals surface area contributed by atoms with Gasteiger partial charge in [0.1, 0.15) is 5.38 Å². The lowest BCUT2D eigenvalue weighted by molar-refractivity contribution is -0.116. The summed E-state index contributed by atoms with van der Waals surface area (Å²) < 4.78 is 0. The highest BCUT2D eigenvalue weighted by atomic mass is 79.9. The number of carbonyl (C=O) groups excluding carboxylic acids is 1. The molecule has 1 aromatic rings. The summed E-state index contributed by atoms with van der Waals surface area (Å²) in [6.45, 7) is 1.48. The van der Waals surface area contributed by atoms with Gasteiger partial charge >= 0.3 is 0 Å². The number of hydrogen-bond donors (Lipinski definition) is 1. The van der Waals surface area contributed by atoms with Crippen LogP contribution >= 0.6 is 40.2 Å². The van der Waals surface area contributed by atoms with Gasteiger partial charge in [-0.2, -0.15) is 0 Å². The van der Waals surface area contributed by atoms with Crippen LogP contribution in [0.3, 0.4) is 0 Å². The Balaban J connectivity index is 3.02. The first-order valence-electron chi connectivity index (χ1n) is 4.08. The summed E-state index contributed by atoms with van der Waals surface area (Å²) in [7, 11) is 0. The molecule has 0 saturated carbocycles. The number of carbonyl (C=O) groups is 1. The van der Waals surface area contributed by atoms with Crippen molar-refractivity contribution in [3.63, 3.8) is 0 Å². The second-order valence-corrected chi connectivity index (χ2v) is 4.47. The summed E-state index contributed by atoms with van der Waals surface area (Å²) in [6.07, 6.45) is 0. The van der Waals surface area contributed by atoms with Gasteiger partial charge in [0.2, 0.25) is 0 Å². The standard InChI is InChI=1S/C10H10BrClOS/c1-6(13)10(12)7-2-3-8(5-11)9(14)4-7/h2-4,10,14H,5H2,1H3. The highest BCUT2D eigenvalue weighted by Gasteiger charge is 2.13. The summed E-state index contributed by atoms with van der Waals surface area (Å²) >= 11 is 13.6. The van der Waals surface area contributed by atoms with Gasteiger partial charge in [-0.15, -0.1) is 24.2 Å². The van der Waals surface area contributed by atoms with Crippen LogP contribution in [0.5, 0.6) is 0 Å². The van der Waals surface area contributed by atoms with Crippen LogP contribution in [-0.2, 0) is 10.1 Å². The van der Waals surface area contributed by atoms with Gasteiger partial charge in [0.25, 0.3) is 0 Å². The maximum atomic E-state index is 11.0. The van der Waals surface area contributed by atoms with Crippen LogP contribution in [0.2, 0.25) is 0 Å². The van der Waals surface area contributed by atoms with E-state index in [1.54, 1.807) is 0 Å². The van der Waals surface area contributed by atoms with Crippen LogP contribution in [0.15, 0.2) is 23.1 Å². The number of hydrogen-bond acceptors (Lipinski definition) is 2. The first-order chi connectivity index (χ1) is 6.56. The molecule has 0 radical (unpaired) electrons. The van der Waals surface area contributed by atoms with Gasteiger partial charge in [0, 0.05) is 10.2 Å². The molecule has 14 heavy (non-hydrogen) atoms. The van der Waals surface area contributed by atoms with Gasteiger partial charge in [-0.3, -0.25) is 4.79 Å². The molecule has 1 rings (SSSR count). The highest BCUT2D eigenvalue weighted by molar-refractivity contribution is 9.08. The average molecular weight is 294 g/mol. The molecule has 0 aromatic heterocycles. The first-order valence-corrected chi connectivity index (χ1v) is 6.09. The van der Waals surface area contributed by atoms with Gasteiger partial charge in [-0.05, 0) is 24.1 Å². The van der Waals surface area contributed by atoms with Crippen LogP contribution in [0, 0.1) is 0 Å². The second-order valence-electron chi connectivity index (χ2n) is 2.99. The number of alkyl halides is 2. The van der Waals surface area contributed by atoms with E-state index in [1.165, 1.54) is 6.92 Å². The molecule has 76 valence electrons. The topological polar surface area (TPSA) is 17.1 Å². The van der Waals surface area contributed by atoms with Crippen LogP contribution in [0.1, 0.15) is 23.4 Å². The molecule has 4 heteroatoms. The third-order valence-corrected chi connectivity index (χ3v) is 3.48. The molecule has 0 spiro atoms. The van der Waals surface area contributed by atoms with E-state index in [9.17, 15) is 4.79 Å². The van der Waals surface area contributed by atoms with E-state index in [4.69, 9.17) is 11.6 Å². The van der Waals surface area contributed by atoms with Gasteiger partial charge in [0.15, 0.2) is 5.78 Å². The number of thiol groups is 1. The fourth-order valence-corrected chi connectivity index (χ4v) is 2.23. The largest absolute Gasteiger partial charge is 0.298 e. The van der Waals surface area contributed by atoms with Crippen molar-refractivity contribution >= 4 is 45.9 Å². The molecule has 0 saturated heterocycles. The van der Waals surface area contributed by atoms with Gasteiger partial charge in [-0.25, -0.2) is 0 Å². The van der Waals surface area contributed by atoms with Crippen LogP contribution in [0.4, 0.5) is 0 Å². The normalized spacial score (nSPS) is 12.6. The summed E-state index contributed by atoms with van der Waals surface area (Å²) in [6, 6.07) is 5.61. The molecule has 0 N–H and O–H groups in total. The molecule has 1 nitrogen and oxygen atoms in total. The molecular formula is C10H10BrClOS. The molecule has 1 unspecified atom stereocenters. The molecule has 0 aliphatic rings. The van der Waals surface area contributed by atoms with E-state index >= 15 is 0 Å². The SMILES string of the molecule is CC(=O)C(Cl)c1ccc(CBr)c(S)c1.